The van der Waals surface area contributed by atoms with Crippen molar-refractivity contribution in [2.24, 2.45) is 5.92 Å². The molecule has 0 saturated carbocycles. The minimum absolute atomic E-state index is 0.00178. The summed E-state index contributed by atoms with van der Waals surface area (Å²) in [6.07, 6.45) is 0.496. The van der Waals surface area contributed by atoms with Gasteiger partial charge in [-0.1, -0.05) is 43.1 Å². The van der Waals surface area contributed by atoms with Crippen LogP contribution in [0, 0.1) is 5.92 Å². The van der Waals surface area contributed by atoms with Gasteiger partial charge in [-0.05, 0) is 50.1 Å². The molecule has 0 atom stereocenters. The summed E-state index contributed by atoms with van der Waals surface area (Å²) in [5, 5.41) is 7.30. The maximum atomic E-state index is 12.0. The van der Waals surface area contributed by atoms with Gasteiger partial charge in [0.15, 0.2) is 0 Å². The van der Waals surface area contributed by atoms with Crippen molar-refractivity contribution >= 4 is 40.5 Å². The summed E-state index contributed by atoms with van der Waals surface area (Å²) in [5.41, 5.74) is 2.51. The predicted octanol–water partition coefficient (Wildman–Crippen LogP) is 6.38. The van der Waals surface area contributed by atoms with Gasteiger partial charge in [-0.25, -0.2) is 0 Å². The molecule has 2 aromatic rings. The van der Waals surface area contributed by atoms with Crippen molar-refractivity contribution in [3.05, 3.63) is 52.0 Å². The molecule has 146 valence electrons. The van der Waals surface area contributed by atoms with E-state index in [1.54, 1.807) is 6.07 Å². The first kappa shape index (κ1) is 21.4. The van der Waals surface area contributed by atoms with Gasteiger partial charge >= 0.3 is 0 Å². The maximum absolute atomic E-state index is 12.0. The molecule has 2 rings (SSSR count). The molecule has 0 heterocycles. The van der Waals surface area contributed by atoms with Gasteiger partial charge < -0.3 is 15.4 Å². The summed E-state index contributed by atoms with van der Waals surface area (Å²) < 4.78 is 5.85. The van der Waals surface area contributed by atoms with Crippen LogP contribution in [-0.4, -0.2) is 12.0 Å². The van der Waals surface area contributed by atoms with Gasteiger partial charge in [0, 0.05) is 34.9 Å². The van der Waals surface area contributed by atoms with Gasteiger partial charge in [-0.15, -0.1) is 0 Å². The molecule has 0 unspecified atom stereocenters. The second kappa shape index (κ2) is 9.86. The Labute approximate surface area is 171 Å². The molecule has 2 N–H and O–H groups in total. The lowest BCUT2D eigenvalue weighted by atomic mass is 10.1. The molecule has 1 amide bonds. The zero-order chi connectivity index (χ0) is 20.0. The van der Waals surface area contributed by atoms with Crippen LogP contribution >= 0.6 is 23.2 Å². The number of rotatable bonds is 8. The molecule has 4 nitrogen and oxygen atoms in total. The minimum Gasteiger partial charge on any atom is -0.489 e. The van der Waals surface area contributed by atoms with Crippen LogP contribution in [-0.2, 0) is 11.3 Å². The molecule has 0 spiro atoms. The van der Waals surface area contributed by atoms with Crippen LogP contribution in [0.1, 0.15) is 39.7 Å². The lowest BCUT2D eigenvalue weighted by molar-refractivity contribution is -0.116. The Balaban J connectivity index is 2.11. The first-order valence-corrected chi connectivity index (χ1v) is 9.78. The standard InChI is InChI=1S/C21H26Cl2N2O2/c1-13(2)8-20(26)25-18-7-5-6-17(11-18)24-12-15-9-16(22)10-19(23)21(15)27-14(3)4/h5-7,9-11,13-14,24H,8,12H2,1-4H3,(H,25,26). The number of anilines is 2. The van der Waals surface area contributed by atoms with Crippen LogP contribution in [0.2, 0.25) is 10.0 Å². The highest BCUT2D eigenvalue weighted by atomic mass is 35.5. The first-order valence-electron chi connectivity index (χ1n) is 9.03. The van der Waals surface area contributed by atoms with E-state index in [2.05, 4.69) is 10.6 Å². The molecule has 27 heavy (non-hydrogen) atoms. The number of amides is 1. The molecule has 0 aliphatic carbocycles. The number of hydrogen-bond donors (Lipinski definition) is 2. The Hall–Kier alpha value is -1.91. The number of carbonyl (C=O) groups excluding carboxylic acids is 1. The first-order chi connectivity index (χ1) is 12.7. The van der Waals surface area contributed by atoms with E-state index in [1.807, 2.05) is 58.0 Å². The zero-order valence-electron chi connectivity index (χ0n) is 16.1. The number of carbonyl (C=O) groups is 1. The van der Waals surface area contributed by atoms with Crippen LogP contribution in [0.15, 0.2) is 36.4 Å². The second-order valence-electron chi connectivity index (χ2n) is 7.12. The molecule has 0 aliphatic heterocycles. The third-order valence-electron chi connectivity index (χ3n) is 3.66. The van der Waals surface area contributed by atoms with E-state index in [4.69, 9.17) is 27.9 Å². The van der Waals surface area contributed by atoms with Gasteiger partial charge in [-0.2, -0.15) is 0 Å². The van der Waals surface area contributed by atoms with Crippen molar-refractivity contribution in [3.8, 4) is 5.75 Å². The number of benzene rings is 2. The fourth-order valence-corrected chi connectivity index (χ4v) is 3.18. The molecular weight excluding hydrogens is 383 g/mol. The zero-order valence-corrected chi connectivity index (χ0v) is 17.6. The van der Waals surface area contributed by atoms with Gasteiger partial charge in [0.05, 0.1) is 11.1 Å². The monoisotopic (exact) mass is 408 g/mol. The highest BCUT2D eigenvalue weighted by Gasteiger charge is 2.13. The third-order valence-corrected chi connectivity index (χ3v) is 4.16. The maximum Gasteiger partial charge on any atom is 0.224 e. The van der Waals surface area contributed by atoms with Crippen molar-refractivity contribution in [2.45, 2.75) is 46.8 Å². The molecule has 0 saturated heterocycles. The normalized spacial score (nSPS) is 11.0. The van der Waals surface area contributed by atoms with Gasteiger partial charge in [0.25, 0.3) is 0 Å². The quantitative estimate of drug-likeness (QED) is 0.532. The van der Waals surface area contributed by atoms with Crippen LogP contribution in [0.3, 0.4) is 0 Å². The van der Waals surface area contributed by atoms with E-state index in [9.17, 15) is 4.79 Å². The highest BCUT2D eigenvalue weighted by molar-refractivity contribution is 6.35. The van der Waals surface area contributed by atoms with Crippen molar-refractivity contribution in [1.29, 1.82) is 0 Å². The molecule has 0 aliphatic rings. The molecule has 0 radical (unpaired) electrons. The lowest BCUT2D eigenvalue weighted by Gasteiger charge is -2.17. The molecule has 2 aromatic carbocycles. The van der Waals surface area contributed by atoms with Crippen LogP contribution in [0.4, 0.5) is 11.4 Å². The van der Waals surface area contributed by atoms with Gasteiger partial charge in [-0.3, -0.25) is 4.79 Å². The molecule has 6 heteroatoms. The minimum atomic E-state index is 0.00178. The van der Waals surface area contributed by atoms with E-state index in [-0.39, 0.29) is 12.0 Å². The average Bonchev–Trinajstić information content (AvgIpc) is 2.55. The molecular formula is C21H26Cl2N2O2. The van der Waals surface area contributed by atoms with E-state index in [0.717, 1.165) is 16.9 Å². The summed E-state index contributed by atoms with van der Waals surface area (Å²) in [5.74, 6) is 0.958. The topological polar surface area (TPSA) is 50.4 Å². The van der Waals surface area contributed by atoms with E-state index in [0.29, 0.717) is 34.7 Å². The summed E-state index contributed by atoms with van der Waals surface area (Å²) in [7, 11) is 0. The molecule has 0 fully saturated rings. The summed E-state index contributed by atoms with van der Waals surface area (Å²) in [6.45, 7) is 8.43. The fraction of sp³-hybridized carbons (Fsp3) is 0.381. The van der Waals surface area contributed by atoms with E-state index in [1.165, 1.54) is 0 Å². The highest BCUT2D eigenvalue weighted by Crippen LogP contribution is 2.33. The third kappa shape index (κ3) is 6.96. The summed E-state index contributed by atoms with van der Waals surface area (Å²) >= 11 is 12.4. The van der Waals surface area contributed by atoms with E-state index >= 15 is 0 Å². The van der Waals surface area contributed by atoms with Crippen molar-refractivity contribution < 1.29 is 9.53 Å². The van der Waals surface area contributed by atoms with Crippen molar-refractivity contribution in [1.82, 2.24) is 0 Å². The summed E-state index contributed by atoms with van der Waals surface area (Å²) in [4.78, 5) is 12.0. The fourth-order valence-electron chi connectivity index (χ4n) is 2.60. The van der Waals surface area contributed by atoms with Crippen LogP contribution < -0.4 is 15.4 Å². The van der Waals surface area contributed by atoms with Gasteiger partial charge in [0.1, 0.15) is 5.75 Å². The Morgan fingerprint density at radius 2 is 1.78 bits per heavy atom. The number of halogens is 2. The Morgan fingerprint density at radius 3 is 2.44 bits per heavy atom. The molecule has 0 aromatic heterocycles. The van der Waals surface area contributed by atoms with Crippen molar-refractivity contribution in [2.75, 3.05) is 10.6 Å². The SMILES string of the molecule is CC(C)CC(=O)Nc1cccc(NCc2cc(Cl)cc(Cl)c2OC(C)C)c1. The van der Waals surface area contributed by atoms with E-state index < -0.39 is 0 Å². The number of ether oxygens (including phenoxy) is 1. The van der Waals surface area contributed by atoms with Gasteiger partial charge in [0.2, 0.25) is 5.91 Å². The Bertz CT molecular complexity index is 792. The lowest BCUT2D eigenvalue weighted by Crippen LogP contribution is -2.14. The Morgan fingerprint density at radius 1 is 1.07 bits per heavy atom. The molecule has 0 bridgehead atoms. The van der Waals surface area contributed by atoms with Crippen molar-refractivity contribution in [3.63, 3.8) is 0 Å². The predicted molar refractivity (Wildman–Crippen MR) is 114 cm³/mol. The second-order valence-corrected chi connectivity index (χ2v) is 7.97. The van der Waals surface area contributed by atoms with Crippen LogP contribution in [0.5, 0.6) is 5.75 Å². The Kier molecular flexibility index (Phi) is 7.81. The largest absolute Gasteiger partial charge is 0.489 e. The average molecular weight is 409 g/mol. The van der Waals surface area contributed by atoms with Crippen LogP contribution in [0.25, 0.3) is 0 Å². The number of hydrogen-bond acceptors (Lipinski definition) is 3. The smallest absolute Gasteiger partial charge is 0.224 e. The summed E-state index contributed by atoms with van der Waals surface area (Å²) in [6, 6.07) is 11.1. The number of nitrogens with one attached hydrogen (secondary N) is 2.